The zero-order valence-electron chi connectivity index (χ0n) is 9.33. The van der Waals surface area contributed by atoms with Crippen LogP contribution in [0.2, 0.25) is 0 Å². The van der Waals surface area contributed by atoms with E-state index in [0.29, 0.717) is 6.42 Å². The highest BCUT2D eigenvalue weighted by atomic mass is 31.2. The Kier molecular flexibility index (Phi) is 3.20. The summed E-state index contributed by atoms with van der Waals surface area (Å²) < 4.78 is 15.8. The minimum Gasteiger partial charge on any atom is -0.403 e. The molecule has 5 heteroatoms. The fourth-order valence-electron chi connectivity index (χ4n) is 1.79. The van der Waals surface area contributed by atoms with Gasteiger partial charge < -0.3 is 4.52 Å². The minimum atomic E-state index is -4.53. The molecule has 0 radical (unpaired) electrons. The maximum Gasteiger partial charge on any atom is 0.524 e. The molecule has 0 unspecified atom stereocenters. The molecule has 90 valence electrons. The average molecular weight is 252 g/mol. The van der Waals surface area contributed by atoms with Gasteiger partial charge in [-0.15, -0.1) is 0 Å². The Balaban J connectivity index is 2.67. The normalized spacial score (nSPS) is 11.7. The number of rotatable bonds is 3. The Hall–Kier alpha value is -1.35. The van der Waals surface area contributed by atoms with E-state index in [0.717, 1.165) is 16.3 Å². The summed E-state index contributed by atoms with van der Waals surface area (Å²) in [5, 5.41) is 1.61. The number of hydrogen-bond donors (Lipinski definition) is 2. The van der Waals surface area contributed by atoms with Crippen molar-refractivity contribution in [1.82, 2.24) is 0 Å². The van der Waals surface area contributed by atoms with Gasteiger partial charge in [0.05, 0.1) is 0 Å². The summed E-state index contributed by atoms with van der Waals surface area (Å²) in [6, 6.07) is 11.1. The van der Waals surface area contributed by atoms with Crippen LogP contribution in [-0.4, -0.2) is 9.79 Å². The van der Waals surface area contributed by atoms with Gasteiger partial charge in [-0.2, -0.15) is 0 Å². The number of fused-ring (bicyclic) bond motifs is 1. The molecule has 0 bridgehead atoms. The van der Waals surface area contributed by atoms with Crippen molar-refractivity contribution in [2.75, 3.05) is 0 Å². The average Bonchev–Trinajstić information content (AvgIpc) is 2.28. The lowest BCUT2D eigenvalue weighted by atomic mass is 10.0. The molecule has 0 heterocycles. The molecule has 0 aliphatic carbocycles. The van der Waals surface area contributed by atoms with Crippen LogP contribution in [-0.2, 0) is 11.0 Å². The standard InChI is InChI=1S/C12H13O4P/c1-2-9-7-8-10-5-3-4-6-11(10)12(9)16-17(13,14)15/h3-8H,2H2,1H3,(H2,13,14,15). The SMILES string of the molecule is CCc1ccc2ccccc2c1OP(=O)(O)O. The van der Waals surface area contributed by atoms with Crippen LogP contribution in [0.3, 0.4) is 0 Å². The smallest absolute Gasteiger partial charge is 0.403 e. The molecule has 2 aromatic rings. The first-order valence-corrected chi connectivity index (χ1v) is 6.80. The second kappa shape index (κ2) is 4.49. The maximum absolute atomic E-state index is 11.0. The van der Waals surface area contributed by atoms with Gasteiger partial charge in [-0.1, -0.05) is 43.3 Å². The van der Waals surface area contributed by atoms with E-state index in [-0.39, 0.29) is 5.75 Å². The van der Waals surface area contributed by atoms with Crippen molar-refractivity contribution in [1.29, 1.82) is 0 Å². The number of phosphoric ester groups is 1. The predicted molar refractivity (Wildman–Crippen MR) is 66.0 cm³/mol. The Labute approximate surface area is 99.1 Å². The highest BCUT2D eigenvalue weighted by molar-refractivity contribution is 7.46. The summed E-state index contributed by atoms with van der Waals surface area (Å²) in [4.78, 5) is 17.9. The second-order valence-electron chi connectivity index (χ2n) is 3.71. The number of aryl methyl sites for hydroxylation is 1. The van der Waals surface area contributed by atoms with Crippen LogP contribution < -0.4 is 4.52 Å². The van der Waals surface area contributed by atoms with Crippen molar-refractivity contribution in [2.45, 2.75) is 13.3 Å². The molecule has 0 atom stereocenters. The summed E-state index contributed by atoms with van der Waals surface area (Å²) in [6.45, 7) is 1.91. The molecule has 2 rings (SSSR count). The zero-order valence-corrected chi connectivity index (χ0v) is 10.2. The summed E-state index contributed by atoms with van der Waals surface area (Å²) in [5.74, 6) is 0.277. The molecule has 4 nitrogen and oxygen atoms in total. The van der Waals surface area contributed by atoms with Gasteiger partial charge in [-0.25, -0.2) is 4.57 Å². The molecule has 0 spiro atoms. The highest BCUT2D eigenvalue weighted by Gasteiger charge is 2.19. The molecular weight excluding hydrogens is 239 g/mol. The van der Waals surface area contributed by atoms with Crippen LogP contribution in [0, 0.1) is 0 Å². The van der Waals surface area contributed by atoms with E-state index in [4.69, 9.17) is 14.3 Å². The van der Waals surface area contributed by atoms with Crippen LogP contribution in [0.5, 0.6) is 5.75 Å². The van der Waals surface area contributed by atoms with E-state index in [2.05, 4.69) is 0 Å². The molecule has 0 aliphatic rings. The van der Waals surface area contributed by atoms with Gasteiger partial charge in [0, 0.05) is 5.39 Å². The van der Waals surface area contributed by atoms with Crippen LogP contribution in [0.1, 0.15) is 12.5 Å². The first-order chi connectivity index (χ1) is 8.01. The summed E-state index contributed by atoms with van der Waals surface area (Å²) >= 11 is 0. The Morgan fingerprint density at radius 2 is 1.88 bits per heavy atom. The lowest BCUT2D eigenvalue weighted by molar-refractivity contribution is 0.283. The van der Waals surface area contributed by atoms with Crippen molar-refractivity contribution in [2.24, 2.45) is 0 Å². The van der Waals surface area contributed by atoms with Gasteiger partial charge in [0.1, 0.15) is 5.75 Å². The van der Waals surface area contributed by atoms with Crippen LogP contribution in [0.4, 0.5) is 0 Å². The van der Waals surface area contributed by atoms with Gasteiger partial charge in [0.2, 0.25) is 0 Å². The van der Waals surface area contributed by atoms with E-state index in [9.17, 15) is 4.57 Å². The van der Waals surface area contributed by atoms with Crippen molar-refractivity contribution in [3.63, 3.8) is 0 Å². The largest absolute Gasteiger partial charge is 0.524 e. The van der Waals surface area contributed by atoms with E-state index in [1.54, 1.807) is 6.07 Å². The lowest BCUT2D eigenvalue weighted by Crippen LogP contribution is -1.95. The molecule has 0 saturated carbocycles. The lowest BCUT2D eigenvalue weighted by Gasteiger charge is -2.13. The third-order valence-corrected chi connectivity index (χ3v) is 2.97. The van der Waals surface area contributed by atoms with Gasteiger partial charge in [-0.05, 0) is 17.4 Å². The van der Waals surface area contributed by atoms with Crippen molar-refractivity contribution < 1.29 is 18.9 Å². The fourth-order valence-corrected chi connectivity index (χ4v) is 2.25. The van der Waals surface area contributed by atoms with Crippen LogP contribution in [0.15, 0.2) is 36.4 Å². The van der Waals surface area contributed by atoms with Crippen molar-refractivity contribution in [3.8, 4) is 5.75 Å². The minimum absolute atomic E-state index is 0.277. The second-order valence-corrected chi connectivity index (χ2v) is 4.87. The van der Waals surface area contributed by atoms with Crippen LogP contribution >= 0.6 is 7.82 Å². The maximum atomic E-state index is 11.0. The topological polar surface area (TPSA) is 66.8 Å². The molecule has 0 saturated heterocycles. The predicted octanol–water partition coefficient (Wildman–Crippen LogP) is 2.87. The van der Waals surface area contributed by atoms with Gasteiger partial charge in [0.15, 0.2) is 0 Å². The van der Waals surface area contributed by atoms with E-state index in [1.165, 1.54) is 0 Å². The van der Waals surface area contributed by atoms with Crippen molar-refractivity contribution in [3.05, 3.63) is 42.0 Å². The molecule has 0 fully saturated rings. The summed E-state index contributed by atoms with van der Waals surface area (Å²) in [5.41, 5.74) is 0.784. The van der Waals surface area contributed by atoms with Gasteiger partial charge >= 0.3 is 7.82 Å². The molecular formula is C12H13O4P. The van der Waals surface area contributed by atoms with Gasteiger partial charge in [0.25, 0.3) is 0 Å². The molecule has 0 aromatic heterocycles. The van der Waals surface area contributed by atoms with E-state index in [1.807, 2.05) is 37.3 Å². The Bertz CT molecular complexity index is 588. The van der Waals surface area contributed by atoms with Crippen molar-refractivity contribution >= 4 is 18.6 Å². The first-order valence-electron chi connectivity index (χ1n) is 5.27. The number of hydrogen-bond acceptors (Lipinski definition) is 2. The zero-order chi connectivity index (χ0) is 12.5. The molecule has 2 N–H and O–H groups in total. The third-order valence-electron chi connectivity index (χ3n) is 2.55. The Morgan fingerprint density at radius 1 is 1.18 bits per heavy atom. The third kappa shape index (κ3) is 2.67. The van der Waals surface area contributed by atoms with E-state index >= 15 is 0 Å². The Morgan fingerprint density at radius 3 is 2.53 bits per heavy atom. The molecule has 0 amide bonds. The van der Waals surface area contributed by atoms with Crippen LogP contribution in [0.25, 0.3) is 10.8 Å². The fraction of sp³-hybridized carbons (Fsp3) is 0.167. The molecule has 2 aromatic carbocycles. The number of benzene rings is 2. The number of phosphoric acid groups is 1. The first kappa shape index (κ1) is 12.1. The molecule has 17 heavy (non-hydrogen) atoms. The molecule has 0 aliphatic heterocycles. The quantitative estimate of drug-likeness (QED) is 0.824. The van der Waals surface area contributed by atoms with E-state index < -0.39 is 7.82 Å². The highest BCUT2D eigenvalue weighted by Crippen LogP contribution is 2.42. The van der Waals surface area contributed by atoms with Gasteiger partial charge in [-0.3, -0.25) is 9.79 Å². The monoisotopic (exact) mass is 252 g/mol. The summed E-state index contributed by atoms with van der Waals surface area (Å²) in [6.07, 6.45) is 0.653. The summed E-state index contributed by atoms with van der Waals surface area (Å²) in [7, 11) is -4.53.